The first-order valence-corrected chi connectivity index (χ1v) is 2.29. The standard InChI is InChI=1S/C4H8ClNO/c1-4(2,7)3(5)6/h6-7H,1-2H3. The minimum absolute atomic E-state index is 0.229. The predicted molar refractivity (Wildman–Crippen MR) is 29.9 cm³/mol. The quantitative estimate of drug-likeness (QED) is 0.499. The molecule has 0 heterocycles. The molecule has 0 aliphatic heterocycles. The number of hydrogen-bond donors (Lipinski definition) is 2. The van der Waals surface area contributed by atoms with Crippen LogP contribution in [-0.2, 0) is 0 Å². The van der Waals surface area contributed by atoms with Crippen LogP contribution in [0.5, 0.6) is 0 Å². The van der Waals surface area contributed by atoms with E-state index in [9.17, 15) is 0 Å². The van der Waals surface area contributed by atoms with E-state index in [0.29, 0.717) is 0 Å². The summed E-state index contributed by atoms with van der Waals surface area (Å²) in [6, 6.07) is 0. The molecule has 0 rings (SSSR count). The highest BCUT2D eigenvalue weighted by Crippen LogP contribution is 2.04. The lowest BCUT2D eigenvalue weighted by Crippen LogP contribution is -2.25. The summed E-state index contributed by atoms with van der Waals surface area (Å²) in [6.07, 6.45) is 0. The van der Waals surface area contributed by atoms with E-state index in [-0.39, 0.29) is 5.17 Å². The topological polar surface area (TPSA) is 44.1 Å². The van der Waals surface area contributed by atoms with Crippen LogP contribution in [0.1, 0.15) is 13.8 Å². The number of aliphatic hydroxyl groups is 1. The van der Waals surface area contributed by atoms with Crippen molar-refractivity contribution >= 4 is 16.8 Å². The molecular formula is C4H8ClNO. The maximum atomic E-state index is 8.74. The molecule has 7 heavy (non-hydrogen) atoms. The third kappa shape index (κ3) is 2.60. The Kier molecular flexibility index (Phi) is 1.78. The molecule has 2 nitrogen and oxygen atoms in total. The van der Waals surface area contributed by atoms with Gasteiger partial charge >= 0.3 is 0 Å². The van der Waals surface area contributed by atoms with E-state index in [4.69, 9.17) is 22.1 Å². The summed E-state index contributed by atoms with van der Waals surface area (Å²) in [4.78, 5) is 0. The van der Waals surface area contributed by atoms with Gasteiger partial charge in [-0.15, -0.1) is 0 Å². The molecule has 0 radical (unpaired) electrons. The molecule has 2 N–H and O–H groups in total. The first-order valence-electron chi connectivity index (χ1n) is 1.91. The Labute approximate surface area is 47.6 Å². The van der Waals surface area contributed by atoms with E-state index in [1.807, 2.05) is 0 Å². The van der Waals surface area contributed by atoms with Crippen LogP contribution in [-0.4, -0.2) is 15.9 Å². The molecule has 0 unspecified atom stereocenters. The van der Waals surface area contributed by atoms with Crippen LogP contribution < -0.4 is 0 Å². The minimum Gasteiger partial charge on any atom is -0.383 e. The van der Waals surface area contributed by atoms with Crippen molar-refractivity contribution in [2.75, 3.05) is 0 Å². The van der Waals surface area contributed by atoms with Crippen molar-refractivity contribution in [3.8, 4) is 0 Å². The summed E-state index contributed by atoms with van der Waals surface area (Å²) in [7, 11) is 0. The fourth-order valence-electron chi connectivity index (χ4n) is 0. The maximum Gasteiger partial charge on any atom is 0.128 e. The van der Waals surface area contributed by atoms with Crippen molar-refractivity contribution in [2.24, 2.45) is 0 Å². The highest BCUT2D eigenvalue weighted by Gasteiger charge is 2.16. The first kappa shape index (κ1) is 6.92. The van der Waals surface area contributed by atoms with Crippen LogP contribution in [0.2, 0.25) is 0 Å². The molecule has 0 atom stereocenters. The van der Waals surface area contributed by atoms with Gasteiger partial charge in [0.25, 0.3) is 0 Å². The van der Waals surface area contributed by atoms with Gasteiger partial charge in [0.15, 0.2) is 0 Å². The van der Waals surface area contributed by atoms with Gasteiger partial charge in [-0.25, -0.2) is 0 Å². The van der Waals surface area contributed by atoms with E-state index in [1.54, 1.807) is 0 Å². The molecule has 0 bridgehead atoms. The fraction of sp³-hybridized carbons (Fsp3) is 0.750. The Bertz CT molecular complexity index is 84.2. The normalized spacial score (nSPS) is 11.4. The smallest absolute Gasteiger partial charge is 0.128 e. The molecule has 0 amide bonds. The highest BCUT2D eigenvalue weighted by atomic mass is 35.5. The molecule has 0 fully saturated rings. The third-order valence-electron chi connectivity index (χ3n) is 0.537. The van der Waals surface area contributed by atoms with Crippen molar-refractivity contribution in [1.82, 2.24) is 0 Å². The van der Waals surface area contributed by atoms with Crippen LogP contribution in [0.3, 0.4) is 0 Å². The summed E-state index contributed by atoms with van der Waals surface area (Å²) in [5.74, 6) is 0. The average Bonchev–Trinajstić information content (AvgIpc) is 1.31. The molecule has 0 saturated carbocycles. The second-order valence-electron chi connectivity index (χ2n) is 1.87. The van der Waals surface area contributed by atoms with Crippen LogP contribution in [0, 0.1) is 5.41 Å². The molecule has 0 aromatic rings. The van der Waals surface area contributed by atoms with Gasteiger partial charge in [-0.1, -0.05) is 11.6 Å². The second-order valence-corrected chi connectivity index (χ2v) is 2.25. The Hall–Kier alpha value is -0.0800. The summed E-state index contributed by atoms with van der Waals surface area (Å²) >= 11 is 5.09. The maximum absolute atomic E-state index is 8.74. The number of hydrogen-bond acceptors (Lipinski definition) is 2. The van der Waals surface area contributed by atoms with Crippen molar-refractivity contribution in [3.05, 3.63) is 0 Å². The van der Waals surface area contributed by atoms with Gasteiger partial charge in [-0.2, -0.15) is 0 Å². The summed E-state index contributed by atoms with van der Waals surface area (Å²) in [6.45, 7) is 2.92. The lowest BCUT2D eigenvalue weighted by molar-refractivity contribution is 0.156. The van der Waals surface area contributed by atoms with Crippen molar-refractivity contribution < 1.29 is 5.11 Å². The zero-order valence-electron chi connectivity index (χ0n) is 4.33. The van der Waals surface area contributed by atoms with Gasteiger partial charge < -0.3 is 5.11 Å². The molecule has 3 heteroatoms. The zero-order valence-corrected chi connectivity index (χ0v) is 5.08. The molecule has 0 aliphatic rings. The van der Waals surface area contributed by atoms with Crippen molar-refractivity contribution in [2.45, 2.75) is 19.4 Å². The lowest BCUT2D eigenvalue weighted by atomic mass is 10.2. The Balaban J connectivity index is 3.79. The molecule has 42 valence electrons. The SMILES string of the molecule is CC(C)(O)C(=N)Cl. The first-order chi connectivity index (χ1) is 2.94. The number of rotatable bonds is 1. The van der Waals surface area contributed by atoms with Gasteiger partial charge in [0, 0.05) is 0 Å². The van der Waals surface area contributed by atoms with E-state index >= 15 is 0 Å². The molecule has 0 spiro atoms. The summed E-state index contributed by atoms with van der Waals surface area (Å²) in [5, 5.41) is 15.2. The van der Waals surface area contributed by atoms with Gasteiger partial charge in [-0.05, 0) is 13.8 Å². The van der Waals surface area contributed by atoms with Crippen LogP contribution in [0.25, 0.3) is 0 Å². The second kappa shape index (κ2) is 1.80. The Morgan fingerprint density at radius 2 is 1.86 bits per heavy atom. The van der Waals surface area contributed by atoms with Gasteiger partial charge in [0.05, 0.1) is 0 Å². The molecule has 0 aliphatic carbocycles. The molecule has 0 aromatic carbocycles. The van der Waals surface area contributed by atoms with E-state index < -0.39 is 5.60 Å². The number of nitrogens with one attached hydrogen (secondary N) is 1. The summed E-state index contributed by atoms with van der Waals surface area (Å²) in [5.41, 5.74) is -1.15. The van der Waals surface area contributed by atoms with Gasteiger partial charge in [-0.3, -0.25) is 5.41 Å². The zero-order chi connectivity index (χ0) is 6.08. The van der Waals surface area contributed by atoms with Crippen LogP contribution in [0.15, 0.2) is 0 Å². The van der Waals surface area contributed by atoms with Crippen LogP contribution >= 0.6 is 11.6 Å². The minimum atomic E-state index is -1.15. The van der Waals surface area contributed by atoms with Crippen molar-refractivity contribution in [1.29, 1.82) is 5.41 Å². The van der Waals surface area contributed by atoms with E-state index in [1.165, 1.54) is 13.8 Å². The summed E-state index contributed by atoms with van der Waals surface area (Å²) < 4.78 is 0. The van der Waals surface area contributed by atoms with Gasteiger partial charge in [0.2, 0.25) is 0 Å². The van der Waals surface area contributed by atoms with Crippen molar-refractivity contribution in [3.63, 3.8) is 0 Å². The lowest BCUT2D eigenvalue weighted by Gasteiger charge is -2.11. The number of halogens is 1. The Morgan fingerprint density at radius 3 is 1.86 bits per heavy atom. The monoisotopic (exact) mass is 121 g/mol. The molecule has 0 saturated heterocycles. The van der Waals surface area contributed by atoms with E-state index in [2.05, 4.69) is 0 Å². The largest absolute Gasteiger partial charge is 0.383 e. The Morgan fingerprint density at radius 1 is 1.71 bits per heavy atom. The third-order valence-corrected chi connectivity index (χ3v) is 1.000. The van der Waals surface area contributed by atoms with Crippen LogP contribution in [0.4, 0.5) is 0 Å². The molecule has 0 aromatic heterocycles. The average molecular weight is 122 g/mol. The van der Waals surface area contributed by atoms with E-state index in [0.717, 1.165) is 0 Å². The highest BCUT2D eigenvalue weighted by molar-refractivity contribution is 6.66. The predicted octanol–water partition coefficient (Wildman–Crippen LogP) is 0.973. The molecular weight excluding hydrogens is 114 g/mol. The fourth-order valence-corrected chi connectivity index (χ4v) is 0. The van der Waals surface area contributed by atoms with Gasteiger partial charge in [0.1, 0.15) is 10.8 Å².